The predicted octanol–water partition coefficient (Wildman–Crippen LogP) is 2.97. The molecule has 0 amide bonds. The Labute approximate surface area is 114 Å². The van der Waals surface area contributed by atoms with Crippen molar-refractivity contribution >= 4 is 5.65 Å². The first-order valence-corrected chi connectivity index (χ1v) is 7.24. The molecule has 0 bridgehead atoms. The van der Waals surface area contributed by atoms with Crippen LogP contribution in [0.4, 0.5) is 0 Å². The highest BCUT2D eigenvalue weighted by Gasteiger charge is 2.29. The normalized spacial score (nSPS) is 21.4. The monoisotopic (exact) mass is 258 g/mol. The van der Waals surface area contributed by atoms with Crippen molar-refractivity contribution in [3.8, 4) is 0 Å². The minimum atomic E-state index is 0.382. The molecule has 2 aromatic heterocycles. The maximum atomic E-state index is 4.78. The van der Waals surface area contributed by atoms with Crippen LogP contribution in [0.5, 0.6) is 0 Å². The number of piperidine rings is 1. The van der Waals surface area contributed by atoms with Gasteiger partial charge in [-0.25, -0.2) is 9.50 Å². The lowest BCUT2D eigenvalue weighted by atomic mass is 10.00. The third-order valence-electron chi connectivity index (χ3n) is 4.08. The maximum Gasteiger partial charge on any atom is 0.168 e. The molecule has 1 aliphatic heterocycles. The van der Waals surface area contributed by atoms with E-state index in [1.54, 1.807) is 0 Å². The van der Waals surface area contributed by atoms with Crippen LogP contribution >= 0.6 is 0 Å². The van der Waals surface area contributed by atoms with Gasteiger partial charge in [0.1, 0.15) is 0 Å². The lowest BCUT2D eigenvalue weighted by Gasteiger charge is -2.36. The number of likely N-dealkylation sites (tertiary alicyclic amines) is 1. The van der Waals surface area contributed by atoms with Crippen LogP contribution in [0.3, 0.4) is 0 Å². The summed E-state index contributed by atoms with van der Waals surface area (Å²) in [6, 6.07) is 5.06. The van der Waals surface area contributed by atoms with Gasteiger partial charge in [0.2, 0.25) is 0 Å². The molecule has 1 saturated heterocycles. The fourth-order valence-corrected chi connectivity index (χ4v) is 3.05. The Kier molecular flexibility index (Phi) is 3.27. The van der Waals surface area contributed by atoms with Gasteiger partial charge in [-0.3, -0.25) is 4.90 Å². The van der Waals surface area contributed by atoms with Gasteiger partial charge in [-0.2, -0.15) is 0 Å². The van der Waals surface area contributed by atoms with E-state index in [0.29, 0.717) is 12.1 Å². The summed E-state index contributed by atoms with van der Waals surface area (Å²) in [6.07, 6.45) is 5.74. The Balaban J connectivity index is 2.00. The zero-order valence-electron chi connectivity index (χ0n) is 12.0. The van der Waals surface area contributed by atoms with Gasteiger partial charge >= 0.3 is 0 Å². The minimum Gasteiger partial charge on any atom is -0.291 e. The Hall–Kier alpha value is -1.42. The summed E-state index contributed by atoms with van der Waals surface area (Å²) in [5.41, 5.74) is 2.18. The third-order valence-corrected chi connectivity index (χ3v) is 4.08. The fraction of sp³-hybridized carbons (Fsp3) is 0.600. The van der Waals surface area contributed by atoms with Crippen molar-refractivity contribution in [3.63, 3.8) is 0 Å². The molecule has 3 heterocycles. The summed E-state index contributed by atoms with van der Waals surface area (Å²) < 4.78 is 1.91. The molecule has 1 aliphatic rings. The van der Waals surface area contributed by atoms with Gasteiger partial charge in [0, 0.05) is 12.2 Å². The second-order valence-electron chi connectivity index (χ2n) is 5.77. The van der Waals surface area contributed by atoms with Crippen molar-refractivity contribution in [1.82, 2.24) is 19.5 Å². The summed E-state index contributed by atoms with van der Waals surface area (Å²) in [4.78, 5) is 7.31. The second-order valence-corrected chi connectivity index (χ2v) is 5.77. The Morgan fingerprint density at radius 3 is 2.89 bits per heavy atom. The summed E-state index contributed by atoms with van der Waals surface area (Å²) in [6.45, 7) is 7.78. The van der Waals surface area contributed by atoms with Crippen LogP contribution in [0.15, 0.2) is 18.3 Å². The van der Waals surface area contributed by atoms with Crippen LogP contribution < -0.4 is 0 Å². The molecule has 0 spiro atoms. The lowest BCUT2D eigenvalue weighted by molar-refractivity contribution is 0.106. The number of aryl methyl sites for hydroxylation is 1. The molecule has 0 radical (unpaired) electrons. The van der Waals surface area contributed by atoms with E-state index in [2.05, 4.69) is 31.7 Å². The van der Waals surface area contributed by atoms with Gasteiger partial charge in [-0.05, 0) is 51.8 Å². The van der Waals surface area contributed by atoms with E-state index < -0.39 is 0 Å². The first kappa shape index (κ1) is 12.6. The average molecular weight is 258 g/mol. The van der Waals surface area contributed by atoms with E-state index in [-0.39, 0.29) is 0 Å². The molecule has 0 aromatic carbocycles. The maximum absolute atomic E-state index is 4.78. The molecule has 19 heavy (non-hydrogen) atoms. The summed E-state index contributed by atoms with van der Waals surface area (Å²) in [7, 11) is 0. The zero-order chi connectivity index (χ0) is 13.4. The SMILES string of the molecule is Cc1cccn2nc(C3CCCCN3C(C)C)nc12. The van der Waals surface area contributed by atoms with Crippen LogP contribution in [-0.2, 0) is 0 Å². The highest BCUT2D eigenvalue weighted by Crippen LogP contribution is 2.30. The molecule has 0 N–H and O–H groups in total. The molecule has 1 unspecified atom stereocenters. The molecule has 4 heteroatoms. The Morgan fingerprint density at radius 2 is 2.16 bits per heavy atom. The van der Waals surface area contributed by atoms with Crippen molar-refractivity contribution in [2.75, 3.05) is 6.54 Å². The largest absolute Gasteiger partial charge is 0.291 e. The zero-order valence-corrected chi connectivity index (χ0v) is 12.0. The van der Waals surface area contributed by atoms with Crippen LogP contribution in [-0.4, -0.2) is 32.1 Å². The number of aromatic nitrogens is 3. The molecule has 0 aliphatic carbocycles. The fourth-order valence-electron chi connectivity index (χ4n) is 3.05. The van der Waals surface area contributed by atoms with Crippen molar-refractivity contribution < 1.29 is 0 Å². The van der Waals surface area contributed by atoms with Gasteiger partial charge in [0.25, 0.3) is 0 Å². The highest BCUT2D eigenvalue weighted by atomic mass is 15.3. The summed E-state index contributed by atoms with van der Waals surface area (Å²) >= 11 is 0. The number of fused-ring (bicyclic) bond motifs is 1. The van der Waals surface area contributed by atoms with Crippen molar-refractivity contribution in [2.24, 2.45) is 0 Å². The van der Waals surface area contributed by atoms with Gasteiger partial charge in [-0.1, -0.05) is 12.5 Å². The van der Waals surface area contributed by atoms with Crippen molar-refractivity contribution in [1.29, 1.82) is 0 Å². The molecule has 2 aromatic rings. The average Bonchev–Trinajstić information content (AvgIpc) is 2.84. The van der Waals surface area contributed by atoms with Gasteiger partial charge in [0.15, 0.2) is 11.5 Å². The lowest BCUT2D eigenvalue weighted by Crippen LogP contribution is -2.39. The Morgan fingerprint density at radius 1 is 1.32 bits per heavy atom. The van der Waals surface area contributed by atoms with E-state index in [9.17, 15) is 0 Å². The van der Waals surface area contributed by atoms with Crippen LogP contribution in [0, 0.1) is 6.92 Å². The van der Waals surface area contributed by atoms with E-state index >= 15 is 0 Å². The number of hydrogen-bond donors (Lipinski definition) is 0. The van der Waals surface area contributed by atoms with E-state index in [1.807, 2.05) is 16.8 Å². The van der Waals surface area contributed by atoms with E-state index in [1.165, 1.54) is 24.8 Å². The summed E-state index contributed by atoms with van der Waals surface area (Å²) in [5, 5.41) is 4.69. The van der Waals surface area contributed by atoms with Crippen LogP contribution in [0.1, 0.15) is 50.5 Å². The number of nitrogens with zero attached hydrogens (tertiary/aromatic N) is 4. The number of pyridine rings is 1. The highest BCUT2D eigenvalue weighted by molar-refractivity contribution is 5.45. The van der Waals surface area contributed by atoms with Gasteiger partial charge in [0.05, 0.1) is 6.04 Å². The molecule has 3 rings (SSSR count). The standard InChI is InChI=1S/C15H22N4/c1-11(2)18-9-5-4-8-13(18)14-16-15-12(3)7-6-10-19(15)17-14/h6-7,10-11,13H,4-5,8-9H2,1-3H3. The Bertz CT molecular complexity index is 573. The number of rotatable bonds is 2. The van der Waals surface area contributed by atoms with E-state index in [0.717, 1.165) is 18.0 Å². The van der Waals surface area contributed by atoms with Gasteiger partial charge in [-0.15, -0.1) is 5.10 Å². The molecule has 0 saturated carbocycles. The predicted molar refractivity (Wildman–Crippen MR) is 76.2 cm³/mol. The number of hydrogen-bond acceptors (Lipinski definition) is 3. The second kappa shape index (κ2) is 4.93. The van der Waals surface area contributed by atoms with Crippen LogP contribution in [0.2, 0.25) is 0 Å². The quantitative estimate of drug-likeness (QED) is 0.830. The van der Waals surface area contributed by atoms with Crippen molar-refractivity contribution in [3.05, 3.63) is 29.7 Å². The van der Waals surface area contributed by atoms with Crippen LogP contribution in [0.25, 0.3) is 5.65 Å². The molecule has 1 atom stereocenters. The van der Waals surface area contributed by atoms with E-state index in [4.69, 9.17) is 10.1 Å². The molecule has 102 valence electrons. The van der Waals surface area contributed by atoms with Crippen molar-refractivity contribution in [2.45, 2.75) is 52.1 Å². The van der Waals surface area contributed by atoms with Gasteiger partial charge < -0.3 is 0 Å². The topological polar surface area (TPSA) is 33.4 Å². The smallest absolute Gasteiger partial charge is 0.168 e. The molecule has 4 nitrogen and oxygen atoms in total. The molecule has 1 fully saturated rings. The molecular weight excluding hydrogens is 236 g/mol. The first-order valence-electron chi connectivity index (χ1n) is 7.24. The minimum absolute atomic E-state index is 0.382. The summed E-state index contributed by atoms with van der Waals surface area (Å²) in [5.74, 6) is 0.989. The third kappa shape index (κ3) is 2.25. The first-order chi connectivity index (χ1) is 9.16. The molecular formula is C15H22N4.